The maximum absolute atomic E-state index is 12.1. The van der Waals surface area contributed by atoms with E-state index < -0.39 is 12.1 Å². The zero-order chi connectivity index (χ0) is 17.8. The minimum atomic E-state index is -1.20. The van der Waals surface area contributed by atoms with Crippen molar-refractivity contribution in [2.45, 2.75) is 77.7 Å². The van der Waals surface area contributed by atoms with Crippen molar-refractivity contribution in [3.8, 4) is 5.75 Å². The number of rotatable bonds is 13. The average molecular weight is 333 g/mol. The van der Waals surface area contributed by atoms with E-state index in [1.807, 2.05) is 6.92 Å². The van der Waals surface area contributed by atoms with Crippen LogP contribution in [0, 0.1) is 0 Å². The number of benzene rings is 1. The van der Waals surface area contributed by atoms with Crippen LogP contribution in [0.4, 0.5) is 0 Å². The maximum Gasteiger partial charge on any atom is 0.162 e. The van der Waals surface area contributed by atoms with Gasteiger partial charge in [0.15, 0.2) is 5.78 Å². The fraction of sp³-hybridized carbons (Fsp3) is 0.600. The van der Waals surface area contributed by atoms with Crippen molar-refractivity contribution in [3.63, 3.8) is 0 Å². The number of aliphatic carboxylic acids is 1. The highest BCUT2D eigenvalue weighted by atomic mass is 16.5. The number of hydrogen-bond donors (Lipinski definition) is 0. The van der Waals surface area contributed by atoms with Crippen molar-refractivity contribution in [3.05, 3.63) is 29.8 Å². The van der Waals surface area contributed by atoms with E-state index in [4.69, 9.17) is 4.74 Å². The Morgan fingerprint density at radius 2 is 1.58 bits per heavy atom. The number of hydrogen-bond acceptors (Lipinski definition) is 4. The third-order valence-corrected chi connectivity index (χ3v) is 4.04. The fourth-order valence-electron chi connectivity index (χ4n) is 2.53. The standard InChI is InChI=1S/C20H30O4/c1-3-5-7-8-9-10-18(21)16-12-14-17(15-13-16)24-19(20(22)23)11-6-4-2/h12-15,19H,3-11H2,1-2H3,(H,22,23)/p-1. The van der Waals surface area contributed by atoms with Crippen molar-refractivity contribution < 1.29 is 19.4 Å². The van der Waals surface area contributed by atoms with E-state index in [0.29, 0.717) is 24.2 Å². The Kier molecular flexibility index (Phi) is 9.81. The Hall–Kier alpha value is -1.84. The van der Waals surface area contributed by atoms with Gasteiger partial charge in [0.2, 0.25) is 0 Å². The van der Waals surface area contributed by atoms with Gasteiger partial charge >= 0.3 is 0 Å². The highest BCUT2D eigenvalue weighted by molar-refractivity contribution is 5.96. The second-order valence-electron chi connectivity index (χ2n) is 6.18. The van der Waals surface area contributed by atoms with E-state index in [2.05, 4.69) is 6.92 Å². The van der Waals surface area contributed by atoms with Crippen molar-refractivity contribution in [1.29, 1.82) is 0 Å². The average Bonchev–Trinajstić information content (AvgIpc) is 2.58. The third-order valence-electron chi connectivity index (χ3n) is 4.04. The molecule has 4 nitrogen and oxygen atoms in total. The second-order valence-corrected chi connectivity index (χ2v) is 6.18. The smallest absolute Gasteiger partial charge is 0.162 e. The van der Waals surface area contributed by atoms with Gasteiger partial charge in [0.25, 0.3) is 0 Å². The second kappa shape index (κ2) is 11.7. The lowest BCUT2D eigenvalue weighted by molar-refractivity contribution is -0.313. The first kappa shape index (κ1) is 20.2. The van der Waals surface area contributed by atoms with Gasteiger partial charge in [-0.15, -0.1) is 0 Å². The summed E-state index contributed by atoms with van der Waals surface area (Å²) in [4.78, 5) is 23.2. The molecule has 0 heterocycles. The van der Waals surface area contributed by atoms with E-state index >= 15 is 0 Å². The predicted molar refractivity (Wildman–Crippen MR) is 93.1 cm³/mol. The highest BCUT2D eigenvalue weighted by Gasteiger charge is 2.12. The molecule has 0 N–H and O–H groups in total. The first-order chi connectivity index (χ1) is 11.6. The van der Waals surface area contributed by atoms with Gasteiger partial charge in [-0.2, -0.15) is 0 Å². The number of carbonyl (C=O) groups is 2. The first-order valence-corrected chi connectivity index (χ1v) is 9.09. The largest absolute Gasteiger partial charge is 0.546 e. The molecule has 0 amide bonds. The van der Waals surface area contributed by atoms with Gasteiger partial charge in [0.05, 0.1) is 5.97 Å². The first-order valence-electron chi connectivity index (χ1n) is 9.09. The normalized spacial score (nSPS) is 11.9. The molecule has 1 aromatic carbocycles. The molecule has 0 fully saturated rings. The van der Waals surface area contributed by atoms with Gasteiger partial charge in [0.1, 0.15) is 11.9 Å². The summed E-state index contributed by atoms with van der Waals surface area (Å²) in [6, 6.07) is 6.73. The number of carboxylic acid groups (broad SMARTS) is 1. The Morgan fingerprint density at radius 3 is 2.17 bits per heavy atom. The molecule has 134 valence electrons. The molecule has 1 aromatic rings. The number of unbranched alkanes of at least 4 members (excludes halogenated alkanes) is 5. The topological polar surface area (TPSA) is 66.4 Å². The molecule has 0 aliphatic carbocycles. The fourth-order valence-corrected chi connectivity index (χ4v) is 2.53. The zero-order valence-electron chi connectivity index (χ0n) is 14.9. The highest BCUT2D eigenvalue weighted by Crippen LogP contribution is 2.18. The van der Waals surface area contributed by atoms with Gasteiger partial charge in [-0.05, 0) is 43.5 Å². The molecule has 0 bridgehead atoms. The molecule has 0 saturated heterocycles. The maximum atomic E-state index is 12.1. The number of ether oxygens (including phenoxy) is 1. The van der Waals surface area contributed by atoms with Crippen LogP contribution in [-0.4, -0.2) is 17.9 Å². The summed E-state index contributed by atoms with van der Waals surface area (Å²) >= 11 is 0. The Balaban J connectivity index is 2.49. The van der Waals surface area contributed by atoms with Crippen LogP contribution in [0.2, 0.25) is 0 Å². The van der Waals surface area contributed by atoms with Crippen LogP contribution in [0.15, 0.2) is 24.3 Å². The quantitative estimate of drug-likeness (QED) is 0.405. The Bertz CT molecular complexity index is 493. The number of carbonyl (C=O) groups excluding carboxylic acids is 2. The monoisotopic (exact) mass is 333 g/mol. The Labute approximate surface area is 145 Å². The summed E-state index contributed by atoms with van der Waals surface area (Å²) in [6.07, 6.45) is 7.32. The molecular formula is C20H29O4-. The van der Waals surface area contributed by atoms with E-state index in [9.17, 15) is 14.7 Å². The van der Waals surface area contributed by atoms with Gasteiger partial charge in [-0.1, -0.05) is 46.0 Å². The molecule has 1 atom stereocenters. The summed E-state index contributed by atoms with van der Waals surface area (Å²) in [7, 11) is 0. The summed E-state index contributed by atoms with van der Waals surface area (Å²) in [5.41, 5.74) is 0.649. The van der Waals surface area contributed by atoms with Gasteiger partial charge in [-0.3, -0.25) is 4.79 Å². The van der Waals surface area contributed by atoms with Crippen molar-refractivity contribution in [2.75, 3.05) is 0 Å². The number of ketones is 1. The lowest BCUT2D eigenvalue weighted by atomic mass is 10.0. The minimum absolute atomic E-state index is 0.125. The summed E-state index contributed by atoms with van der Waals surface area (Å²) in [5.74, 6) is -0.615. The molecular weight excluding hydrogens is 304 g/mol. The lowest BCUT2D eigenvalue weighted by Crippen LogP contribution is -2.39. The van der Waals surface area contributed by atoms with Gasteiger partial charge in [-0.25, -0.2) is 0 Å². The zero-order valence-corrected chi connectivity index (χ0v) is 14.9. The molecule has 0 radical (unpaired) electrons. The van der Waals surface area contributed by atoms with Crippen LogP contribution < -0.4 is 9.84 Å². The molecule has 0 saturated carbocycles. The van der Waals surface area contributed by atoms with Crippen LogP contribution in [0.1, 0.15) is 82.0 Å². The van der Waals surface area contributed by atoms with Crippen LogP contribution in [-0.2, 0) is 4.79 Å². The van der Waals surface area contributed by atoms with Crippen LogP contribution in [0.5, 0.6) is 5.75 Å². The van der Waals surface area contributed by atoms with Crippen molar-refractivity contribution in [2.24, 2.45) is 0 Å². The molecule has 4 heteroatoms. The minimum Gasteiger partial charge on any atom is -0.546 e. The van der Waals surface area contributed by atoms with Gasteiger partial charge < -0.3 is 14.6 Å². The summed E-state index contributed by atoms with van der Waals surface area (Å²) < 4.78 is 5.46. The van der Waals surface area contributed by atoms with E-state index in [0.717, 1.165) is 25.7 Å². The van der Waals surface area contributed by atoms with Crippen molar-refractivity contribution >= 4 is 11.8 Å². The Morgan fingerprint density at radius 1 is 0.958 bits per heavy atom. The molecule has 0 aliphatic heterocycles. The van der Waals surface area contributed by atoms with E-state index in [1.165, 1.54) is 19.3 Å². The number of Topliss-reactive ketones (excluding diaryl/α,β-unsaturated/α-hetero) is 1. The molecule has 0 aliphatic rings. The van der Waals surface area contributed by atoms with Crippen LogP contribution in [0.3, 0.4) is 0 Å². The van der Waals surface area contributed by atoms with Gasteiger partial charge in [0, 0.05) is 12.0 Å². The molecule has 24 heavy (non-hydrogen) atoms. The molecule has 0 aromatic heterocycles. The third kappa shape index (κ3) is 7.62. The van der Waals surface area contributed by atoms with Crippen LogP contribution >= 0.6 is 0 Å². The SMILES string of the molecule is CCCCCCCC(=O)c1ccc(OC(CCCC)C(=O)[O-])cc1. The van der Waals surface area contributed by atoms with E-state index in [-0.39, 0.29) is 5.78 Å². The van der Waals surface area contributed by atoms with E-state index in [1.54, 1.807) is 24.3 Å². The summed E-state index contributed by atoms with van der Waals surface area (Å²) in [5, 5.41) is 11.1. The lowest BCUT2D eigenvalue weighted by Gasteiger charge is -2.19. The molecule has 1 rings (SSSR count). The molecule has 1 unspecified atom stereocenters. The molecule has 0 spiro atoms. The predicted octanol–water partition coefficient (Wildman–Crippen LogP) is 3.92. The van der Waals surface area contributed by atoms with Crippen LogP contribution in [0.25, 0.3) is 0 Å². The number of carboxylic acids is 1. The summed E-state index contributed by atoms with van der Waals surface area (Å²) in [6.45, 7) is 4.16. The van der Waals surface area contributed by atoms with Crippen molar-refractivity contribution in [1.82, 2.24) is 0 Å².